The van der Waals surface area contributed by atoms with Crippen LogP contribution in [0.5, 0.6) is 0 Å². The number of rotatable bonds is 5. The molecule has 1 aliphatic carbocycles. The van der Waals surface area contributed by atoms with Crippen LogP contribution in [0, 0.1) is 5.92 Å². The topological polar surface area (TPSA) is 54.0 Å². The van der Waals surface area contributed by atoms with Crippen molar-refractivity contribution in [3.8, 4) is 0 Å². The van der Waals surface area contributed by atoms with E-state index in [0.717, 1.165) is 42.5 Å². The van der Waals surface area contributed by atoms with Gasteiger partial charge in [-0.1, -0.05) is 25.1 Å². The van der Waals surface area contributed by atoms with Crippen molar-refractivity contribution in [1.29, 1.82) is 0 Å². The first kappa shape index (κ1) is 23.4. The van der Waals surface area contributed by atoms with Gasteiger partial charge in [0.15, 0.2) is 0 Å². The number of thioether (sulfide) groups is 1. The number of halogens is 3. The average Bonchev–Trinajstić information content (AvgIpc) is 2.79. The molecular weight excluding hydrogens is 447 g/mol. The van der Waals surface area contributed by atoms with Crippen LogP contribution in [-0.4, -0.2) is 16.3 Å². The van der Waals surface area contributed by atoms with E-state index in [4.69, 9.17) is 0 Å². The van der Waals surface area contributed by atoms with Gasteiger partial charge < -0.3 is 10.6 Å². The molecule has 1 saturated carbocycles. The first-order valence-electron chi connectivity index (χ1n) is 11.0. The van der Waals surface area contributed by atoms with Gasteiger partial charge in [-0.25, -0.2) is 4.79 Å². The molecule has 0 aliphatic heterocycles. The molecule has 2 N–H and O–H groups in total. The van der Waals surface area contributed by atoms with Crippen LogP contribution >= 0.6 is 11.8 Å². The number of anilines is 1. The maximum atomic E-state index is 13.3. The van der Waals surface area contributed by atoms with Gasteiger partial charge in [-0.3, -0.25) is 4.98 Å². The van der Waals surface area contributed by atoms with E-state index >= 15 is 0 Å². The van der Waals surface area contributed by atoms with Gasteiger partial charge in [-0.05, 0) is 61.4 Å². The van der Waals surface area contributed by atoms with Crippen LogP contribution in [0.1, 0.15) is 43.7 Å². The van der Waals surface area contributed by atoms with Crippen molar-refractivity contribution in [3.05, 3.63) is 66.0 Å². The lowest BCUT2D eigenvalue weighted by Gasteiger charge is -2.26. The fourth-order valence-corrected chi connectivity index (χ4v) is 5.44. The summed E-state index contributed by atoms with van der Waals surface area (Å²) < 4.78 is 40.0. The van der Waals surface area contributed by atoms with Gasteiger partial charge in [0, 0.05) is 39.9 Å². The van der Waals surface area contributed by atoms with Crippen molar-refractivity contribution in [2.45, 2.75) is 55.5 Å². The zero-order chi connectivity index (χ0) is 23.4. The van der Waals surface area contributed by atoms with E-state index < -0.39 is 17.8 Å². The highest BCUT2D eigenvalue weighted by Gasteiger charge is 2.31. The minimum atomic E-state index is -4.40. The van der Waals surface area contributed by atoms with E-state index in [9.17, 15) is 18.0 Å². The molecule has 8 heteroatoms. The Kier molecular flexibility index (Phi) is 7.12. The first-order valence-corrected chi connectivity index (χ1v) is 11.9. The van der Waals surface area contributed by atoms with Crippen LogP contribution < -0.4 is 10.6 Å². The molecule has 0 atom stereocenters. The molecule has 0 bridgehead atoms. The molecular formula is C25H26F3N3OS. The Morgan fingerprint density at radius 3 is 2.67 bits per heavy atom. The second-order valence-corrected chi connectivity index (χ2v) is 9.87. The smallest absolute Gasteiger partial charge is 0.334 e. The number of carbonyl (C=O) groups excluding carboxylic acids is 1. The third-order valence-corrected chi connectivity index (χ3v) is 7.46. The number of fused-ring (bicyclic) bond motifs is 1. The van der Waals surface area contributed by atoms with E-state index in [-0.39, 0.29) is 6.54 Å². The second-order valence-electron chi connectivity index (χ2n) is 8.53. The Bertz CT molecular complexity index is 1120. The number of nitrogens with one attached hydrogen (secondary N) is 2. The van der Waals surface area contributed by atoms with E-state index in [1.54, 1.807) is 18.5 Å². The fourth-order valence-electron chi connectivity index (χ4n) is 4.09. The predicted octanol–water partition coefficient (Wildman–Crippen LogP) is 7.25. The Hall–Kier alpha value is -2.74. The van der Waals surface area contributed by atoms with Crippen molar-refractivity contribution >= 4 is 34.3 Å². The van der Waals surface area contributed by atoms with Gasteiger partial charge in [0.05, 0.1) is 11.3 Å². The summed E-state index contributed by atoms with van der Waals surface area (Å²) in [6.07, 6.45) is 3.14. The molecule has 4 nitrogen and oxygen atoms in total. The normalized spacial score (nSPS) is 18.8. The van der Waals surface area contributed by atoms with Crippen LogP contribution in [0.15, 0.2) is 59.8 Å². The molecule has 1 heterocycles. The molecule has 3 aromatic rings. The summed E-state index contributed by atoms with van der Waals surface area (Å²) >= 11 is 1.50. The number of hydrogen-bond donors (Lipinski definition) is 2. The molecule has 174 valence electrons. The maximum absolute atomic E-state index is 13.3. The number of benzene rings is 2. The van der Waals surface area contributed by atoms with Crippen molar-refractivity contribution in [2.75, 3.05) is 5.32 Å². The highest BCUT2D eigenvalue weighted by Crippen LogP contribution is 2.40. The molecule has 2 amide bonds. The van der Waals surface area contributed by atoms with Crippen molar-refractivity contribution in [1.82, 2.24) is 10.3 Å². The predicted molar refractivity (Wildman–Crippen MR) is 126 cm³/mol. The zero-order valence-electron chi connectivity index (χ0n) is 18.3. The fraction of sp³-hybridized carbons (Fsp3) is 0.360. The molecule has 4 rings (SSSR count). The lowest BCUT2D eigenvalue weighted by Crippen LogP contribution is -2.28. The highest BCUT2D eigenvalue weighted by atomic mass is 32.2. The van der Waals surface area contributed by atoms with Crippen LogP contribution in [-0.2, 0) is 12.7 Å². The zero-order valence-corrected chi connectivity index (χ0v) is 19.1. The molecule has 33 heavy (non-hydrogen) atoms. The number of pyridine rings is 1. The molecule has 1 fully saturated rings. The van der Waals surface area contributed by atoms with Crippen molar-refractivity contribution in [3.63, 3.8) is 0 Å². The van der Waals surface area contributed by atoms with E-state index in [1.165, 1.54) is 23.9 Å². The standard InChI is InChI=1S/C25H26F3N3OS/c1-16-5-9-20(10-6-16)33-23-13-19(25(26,27)28)8-7-18(23)15-30-24(32)31-22-4-2-3-17-14-29-12-11-21(17)22/h2-4,7-8,11-14,16,20H,5-6,9-10,15H2,1H3,(H2,30,31,32). The summed E-state index contributed by atoms with van der Waals surface area (Å²) in [5.41, 5.74) is 0.668. The molecule has 1 aliphatic rings. The van der Waals surface area contributed by atoms with Crippen molar-refractivity contribution in [2.24, 2.45) is 5.92 Å². The van der Waals surface area contributed by atoms with Gasteiger partial charge in [-0.2, -0.15) is 13.2 Å². The minimum Gasteiger partial charge on any atom is -0.334 e. The van der Waals surface area contributed by atoms with Gasteiger partial charge in [0.25, 0.3) is 0 Å². The SMILES string of the molecule is CC1CCC(Sc2cc(C(F)(F)F)ccc2CNC(=O)Nc2cccc3cnccc23)CC1. The lowest BCUT2D eigenvalue weighted by atomic mass is 9.91. The third-order valence-electron chi connectivity index (χ3n) is 6.02. The molecule has 1 aromatic heterocycles. The summed E-state index contributed by atoms with van der Waals surface area (Å²) in [6, 6.07) is 10.7. The number of hydrogen-bond acceptors (Lipinski definition) is 3. The van der Waals surface area contributed by atoms with E-state index in [2.05, 4.69) is 22.5 Å². The minimum absolute atomic E-state index is 0.141. The number of nitrogens with zero attached hydrogens (tertiary/aromatic N) is 1. The molecule has 0 unspecified atom stereocenters. The summed E-state index contributed by atoms with van der Waals surface area (Å²) in [4.78, 5) is 17.2. The Morgan fingerprint density at radius 2 is 1.91 bits per heavy atom. The van der Waals surface area contributed by atoms with Crippen LogP contribution in [0.2, 0.25) is 0 Å². The Morgan fingerprint density at radius 1 is 1.12 bits per heavy atom. The van der Waals surface area contributed by atoms with E-state index in [1.807, 2.05) is 18.2 Å². The van der Waals surface area contributed by atoms with E-state index in [0.29, 0.717) is 27.3 Å². The van der Waals surface area contributed by atoms with Gasteiger partial charge in [-0.15, -0.1) is 11.8 Å². The van der Waals surface area contributed by atoms with Crippen LogP contribution in [0.25, 0.3) is 10.8 Å². The summed E-state index contributed by atoms with van der Waals surface area (Å²) in [5.74, 6) is 0.665. The first-order chi connectivity index (χ1) is 15.8. The summed E-state index contributed by atoms with van der Waals surface area (Å²) in [7, 11) is 0. The summed E-state index contributed by atoms with van der Waals surface area (Å²) in [5, 5.41) is 7.68. The Balaban J connectivity index is 1.47. The summed E-state index contributed by atoms with van der Waals surface area (Å²) in [6.45, 7) is 2.35. The molecule has 0 saturated heterocycles. The second kappa shape index (κ2) is 10.0. The third kappa shape index (κ3) is 5.99. The average molecular weight is 474 g/mol. The quantitative estimate of drug-likeness (QED) is 0.410. The number of aromatic nitrogens is 1. The van der Waals surface area contributed by atoms with Gasteiger partial charge >= 0.3 is 12.2 Å². The van der Waals surface area contributed by atoms with Crippen molar-refractivity contribution < 1.29 is 18.0 Å². The number of carbonyl (C=O) groups is 1. The Labute approximate surface area is 195 Å². The monoisotopic (exact) mass is 473 g/mol. The lowest BCUT2D eigenvalue weighted by molar-refractivity contribution is -0.137. The molecule has 0 radical (unpaired) electrons. The highest BCUT2D eigenvalue weighted by molar-refractivity contribution is 8.00. The largest absolute Gasteiger partial charge is 0.416 e. The van der Waals surface area contributed by atoms with Gasteiger partial charge in [0.1, 0.15) is 0 Å². The number of amides is 2. The molecule has 2 aromatic carbocycles. The number of alkyl halides is 3. The maximum Gasteiger partial charge on any atom is 0.416 e. The number of urea groups is 1. The van der Waals surface area contributed by atoms with Crippen LogP contribution in [0.3, 0.4) is 0 Å². The van der Waals surface area contributed by atoms with Gasteiger partial charge in [0.2, 0.25) is 0 Å². The molecule has 0 spiro atoms. The van der Waals surface area contributed by atoms with Crippen LogP contribution in [0.4, 0.5) is 23.7 Å².